The van der Waals surface area contributed by atoms with Gasteiger partial charge in [0.15, 0.2) is 0 Å². The van der Waals surface area contributed by atoms with Crippen molar-refractivity contribution in [3.8, 4) is 0 Å². The second-order valence-corrected chi connectivity index (χ2v) is 3.99. The van der Waals surface area contributed by atoms with Gasteiger partial charge in [-0.2, -0.15) is 5.10 Å². The molecule has 0 saturated heterocycles. The van der Waals surface area contributed by atoms with Crippen LogP contribution >= 0.6 is 0 Å². The summed E-state index contributed by atoms with van der Waals surface area (Å²) in [6, 6.07) is 0. The molecule has 0 fully saturated rings. The Morgan fingerprint density at radius 2 is 2.33 bits per heavy atom. The van der Waals surface area contributed by atoms with Crippen LogP contribution in [-0.4, -0.2) is 16.3 Å². The zero-order valence-corrected chi connectivity index (χ0v) is 10.0. The minimum atomic E-state index is 0.912. The van der Waals surface area contributed by atoms with Crippen molar-refractivity contribution >= 4 is 0 Å². The monoisotopic (exact) mass is 207 g/mol. The normalized spacial score (nSPS) is 10.6. The fourth-order valence-electron chi connectivity index (χ4n) is 1.41. The van der Waals surface area contributed by atoms with Crippen LogP contribution in [0.2, 0.25) is 0 Å². The molecule has 0 atom stereocenters. The van der Waals surface area contributed by atoms with E-state index in [1.54, 1.807) is 0 Å². The fraction of sp³-hybridized carbons (Fsp3) is 0.583. The number of hydrogen-bond donors (Lipinski definition) is 1. The standard InChI is InChI=1S/C12H21N3/c1-5-13-8-12-9-15(14-11(12)4)7-6-10(2)3/h9,13H,2,5-8H2,1,3-4H3. The van der Waals surface area contributed by atoms with Gasteiger partial charge in [-0.1, -0.05) is 12.5 Å². The maximum absolute atomic E-state index is 4.47. The molecule has 0 saturated carbocycles. The summed E-state index contributed by atoms with van der Waals surface area (Å²) < 4.78 is 2.01. The summed E-state index contributed by atoms with van der Waals surface area (Å²) in [6.45, 7) is 13.0. The van der Waals surface area contributed by atoms with Crippen LogP contribution in [0.1, 0.15) is 31.5 Å². The smallest absolute Gasteiger partial charge is 0.0638 e. The van der Waals surface area contributed by atoms with Gasteiger partial charge in [0.05, 0.1) is 5.69 Å². The van der Waals surface area contributed by atoms with Crippen molar-refractivity contribution in [2.75, 3.05) is 6.54 Å². The van der Waals surface area contributed by atoms with Gasteiger partial charge < -0.3 is 5.32 Å². The molecule has 15 heavy (non-hydrogen) atoms. The molecular formula is C12H21N3. The predicted molar refractivity (Wildman–Crippen MR) is 63.8 cm³/mol. The third-order valence-corrected chi connectivity index (χ3v) is 2.38. The van der Waals surface area contributed by atoms with Crippen molar-refractivity contribution in [1.82, 2.24) is 15.1 Å². The van der Waals surface area contributed by atoms with Gasteiger partial charge in [-0.25, -0.2) is 0 Å². The van der Waals surface area contributed by atoms with Gasteiger partial charge in [0, 0.05) is 24.8 Å². The van der Waals surface area contributed by atoms with E-state index in [0.29, 0.717) is 0 Å². The van der Waals surface area contributed by atoms with Crippen LogP contribution in [0.5, 0.6) is 0 Å². The van der Waals surface area contributed by atoms with E-state index in [1.165, 1.54) is 11.1 Å². The van der Waals surface area contributed by atoms with Crippen molar-refractivity contribution in [3.05, 3.63) is 29.6 Å². The second-order valence-electron chi connectivity index (χ2n) is 3.99. The topological polar surface area (TPSA) is 29.9 Å². The minimum absolute atomic E-state index is 0.912. The Labute approximate surface area is 92.2 Å². The average Bonchev–Trinajstić information content (AvgIpc) is 2.53. The summed E-state index contributed by atoms with van der Waals surface area (Å²) in [7, 11) is 0. The molecule has 1 aromatic rings. The number of nitrogens with one attached hydrogen (secondary N) is 1. The Bertz CT molecular complexity index is 326. The molecule has 84 valence electrons. The highest BCUT2D eigenvalue weighted by Gasteiger charge is 2.03. The third-order valence-electron chi connectivity index (χ3n) is 2.38. The fourth-order valence-corrected chi connectivity index (χ4v) is 1.41. The Morgan fingerprint density at radius 3 is 2.93 bits per heavy atom. The Kier molecular flexibility index (Phi) is 4.56. The molecule has 3 heteroatoms. The van der Waals surface area contributed by atoms with Gasteiger partial charge >= 0.3 is 0 Å². The maximum atomic E-state index is 4.47. The van der Waals surface area contributed by atoms with Crippen molar-refractivity contribution < 1.29 is 0 Å². The van der Waals surface area contributed by atoms with Crippen LogP contribution in [0, 0.1) is 6.92 Å². The largest absolute Gasteiger partial charge is 0.313 e. The Balaban J connectivity index is 2.55. The first-order valence-electron chi connectivity index (χ1n) is 5.51. The van der Waals surface area contributed by atoms with E-state index in [1.807, 2.05) is 4.68 Å². The zero-order chi connectivity index (χ0) is 11.3. The molecule has 1 N–H and O–H groups in total. The van der Waals surface area contributed by atoms with Gasteiger partial charge in [0.2, 0.25) is 0 Å². The summed E-state index contributed by atoms with van der Waals surface area (Å²) in [5.74, 6) is 0. The first-order valence-corrected chi connectivity index (χ1v) is 5.51. The van der Waals surface area contributed by atoms with Gasteiger partial charge in [0.25, 0.3) is 0 Å². The minimum Gasteiger partial charge on any atom is -0.313 e. The predicted octanol–water partition coefficient (Wildman–Crippen LogP) is 2.27. The van der Waals surface area contributed by atoms with E-state index in [-0.39, 0.29) is 0 Å². The molecule has 0 aliphatic heterocycles. The Morgan fingerprint density at radius 1 is 1.60 bits per heavy atom. The first-order chi connectivity index (χ1) is 7.13. The molecule has 1 heterocycles. The lowest BCUT2D eigenvalue weighted by Crippen LogP contribution is -2.11. The summed E-state index contributed by atoms with van der Waals surface area (Å²) in [5, 5.41) is 7.78. The Hall–Kier alpha value is -1.09. The van der Waals surface area contributed by atoms with Crippen LogP contribution in [-0.2, 0) is 13.1 Å². The van der Waals surface area contributed by atoms with Gasteiger partial charge in [0.1, 0.15) is 0 Å². The molecule has 0 aromatic carbocycles. The van der Waals surface area contributed by atoms with Crippen LogP contribution in [0.25, 0.3) is 0 Å². The molecule has 0 aliphatic rings. The summed E-state index contributed by atoms with van der Waals surface area (Å²) in [6.07, 6.45) is 3.13. The number of aromatic nitrogens is 2. The number of nitrogens with zero attached hydrogens (tertiary/aromatic N) is 2. The number of aryl methyl sites for hydroxylation is 2. The lowest BCUT2D eigenvalue weighted by atomic mass is 10.2. The SMILES string of the molecule is C=C(C)CCn1cc(CNCC)c(C)n1. The lowest BCUT2D eigenvalue weighted by molar-refractivity contribution is 0.607. The average molecular weight is 207 g/mol. The molecule has 0 amide bonds. The number of allylic oxidation sites excluding steroid dienone is 1. The number of rotatable bonds is 6. The van der Waals surface area contributed by atoms with E-state index < -0.39 is 0 Å². The molecule has 0 aliphatic carbocycles. The van der Waals surface area contributed by atoms with Crippen molar-refractivity contribution in [2.24, 2.45) is 0 Å². The van der Waals surface area contributed by atoms with E-state index in [2.05, 4.69) is 44.0 Å². The molecule has 0 radical (unpaired) electrons. The molecule has 1 aromatic heterocycles. The summed E-state index contributed by atoms with van der Waals surface area (Å²) >= 11 is 0. The quantitative estimate of drug-likeness (QED) is 0.725. The van der Waals surface area contributed by atoms with Crippen LogP contribution < -0.4 is 5.32 Å². The zero-order valence-electron chi connectivity index (χ0n) is 10.0. The van der Waals surface area contributed by atoms with E-state index in [4.69, 9.17) is 0 Å². The summed E-state index contributed by atoms with van der Waals surface area (Å²) in [4.78, 5) is 0. The molecule has 0 spiro atoms. The van der Waals surface area contributed by atoms with Crippen molar-refractivity contribution in [2.45, 2.75) is 40.3 Å². The maximum Gasteiger partial charge on any atom is 0.0638 e. The molecule has 3 nitrogen and oxygen atoms in total. The van der Waals surface area contributed by atoms with Gasteiger partial charge in [-0.05, 0) is 26.8 Å². The molecule has 0 unspecified atom stereocenters. The highest BCUT2D eigenvalue weighted by molar-refractivity contribution is 5.15. The molecule has 0 bridgehead atoms. The van der Waals surface area contributed by atoms with Gasteiger partial charge in [-0.3, -0.25) is 4.68 Å². The lowest BCUT2D eigenvalue weighted by Gasteiger charge is -2.00. The van der Waals surface area contributed by atoms with Gasteiger partial charge in [-0.15, -0.1) is 6.58 Å². The molecular weight excluding hydrogens is 186 g/mol. The van der Waals surface area contributed by atoms with Crippen LogP contribution in [0.4, 0.5) is 0 Å². The third kappa shape index (κ3) is 3.88. The number of hydrogen-bond acceptors (Lipinski definition) is 2. The van der Waals surface area contributed by atoms with Crippen LogP contribution in [0.3, 0.4) is 0 Å². The molecule has 1 rings (SSSR count). The van der Waals surface area contributed by atoms with E-state index in [0.717, 1.165) is 31.7 Å². The van der Waals surface area contributed by atoms with Crippen molar-refractivity contribution in [3.63, 3.8) is 0 Å². The van der Waals surface area contributed by atoms with Crippen molar-refractivity contribution in [1.29, 1.82) is 0 Å². The first kappa shape index (κ1) is 12.0. The summed E-state index contributed by atoms with van der Waals surface area (Å²) in [5.41, 5.74) is 3.62. The van der Waals surface area contributed by atoms with E-state index in [9.17, 15) is 0 Å². The van der Waals surface area contributed by atoms with Crippen LogP contribution in [0.15, 0.2) is 18.3 Å². The van der Waals surface area contributed by atoms with E-state index >= 15 is 0 Å². The highest BCUT2D eigenvalue weighted by atomic mass is 15.3. The highest BCUT2D eigenvalue weighted by Crippen LogP contribution is 2.07. The second kappa shape index (κ2) is 5.71.